The van der Waals surface area contributed by atoms with Crippen molar-refractivity contribution in [1.29, 1.82) is 0 Å². The average molecular weight is 298 g/mol. The van der Waals surface area contributed by atoms with Gasteiger partial charge in [0.15, 0.2) is 0 Å². The molecular formula is C18H26N4. The van der Waals surface area contributed by atoms with Crippen molar-refractivity contribution in [3.8, 4) is 0 Å². The van der Waals surface area contributed by atoms with Gasteiger partial charge in [-0.25, -0.2) is 0 Å². The summed E-state index contributed by atoms with van der Waals surface area (Å²) in [4.78, 5) is 0. The lowest BCUT2D eigenvalue weighted by atomic mass is 10.1. The Morgan fingerprint density at radius 2 is 1.36 bits per heavy atom. The summed E-state index contributed by atoms with van der Waals surface area (Å²) in [6.07, 6.45) is 15.9. The van der Waals surface area contributed by atoms with Crippen LogP contribution in [-0.2, 0) is 0 Å². The van der Waals surface area contributed by atoms with Crippen molar-refractivity contribution in [2.24, 2.45) is 20.5 Å². The summed E-state index contributed by atoms with van der Waals surface area (Å²) in [5.41, 5.74) is 3.92. The van der Waals surface area contributed by atoms with Gasteiger partial charge in [-0.05, 0) is 57.1 Å². The Balaban J connectivity index is 5.50. The number of allylic oxidation sites excluding steroid dienone is 11. The SMILES string of the molecule is C/C=C\C(=C/C=C(C)/C(/C=C\C)=C/C=C(\C)N=NC)N=NC. The number of hydrogen-bond acceptors (Lipinski definition) is 4. The van der Waals surface area contributed by atoms with Crippen LogP contribution >= 0.6 is 0 Å². The maximum atomic E-state index is 4.07. The average Bonchev–Trinajstić information content (AvgIpc) is 2.49. The molecule has 0 unspecified atom stereocenters. The van der Waals surface area contributed by atoms with Gasteiger partial charge < -0.3 is 0 Å². The van der Waals surface area contributed by atoms with Crippen molar-refractivity contribution in [1.82, 2.24) is 0 Å². The quantitative estimate of drug-likeness (QED) is 0.411. The van der Waals surface area contributed by atoms with Crippen LogP contribution in [0.1, 0.15) is 27.7 Å². The molecule has 0 heterocycles. The van der Waals surface area contributed by atoms with Gasteiger partial charge in [-0.3, -0.25) is 0 Å². The predicted molar refractivity (Wildman–Crippen MR) is 94.9 cm³/mol. The summed E-state index contributed by atoms with van der Waals surface area (Å²) in [7, 11) is 3.32. The van der Waals surface area contributed by atoms with Crippen LogP contribution in [0.2, 0.25) is 0 Å². The third kappa shape index (κ3) is 8.74. The van der Waals surface area contributed by atoms with Crippen molar-refractivity contribution < 1.29 is 0 Å². The molecule has 0 aliphatic rings. The van der Waals surface area contributed by atoms with Gasteiger partial charge in [0.2, 0.25) is 0 Å². The number of rotatable bonds is 7. The lowest BCUT2D eigenvalue weighted by Crippen LogP contribution is -1.81. The van der Waals surface area contributed by atoms with E-state index in [9.17, 15) is 0 Å². The second-order valence-corrected chi connectivity index (χ2v) is 4.47. The highest BCUT2D eigenvalue weighted by Crippen LogP contribution is 2.14. The summed E-state index contributed by atoms with van der Waals surface area (Å²) in [5.74, 6) is 0. The van der Waals surface area contributed by atoms with Crippen LogP contribution in [0, 0.1) is 0 Å². The van der Waals surface area contributed by atoms with Crippen LogP contribution in [0.4, 0.5) is 0 Å². The molecule has 118 valence electrons. The van der Waals surface area contributed by atoms with Crippen molar-refractivity contribution in [2.45, 2.75) is 27.7 Å². The van der Waals surface area contributed by atoms with E-state index in [0.717, 1.165) is 22.5 Å². The van der Waals surface area contributed by atoms with E-state index in [-0.39, 0.29) is 0 Å². The number of nitrogens with zero attached hydrogens (tertiary/aromatic N) is 4. The van der Waals surface area contributed by atoms with E-state index in [1.165, 1.54) is 0 Å². The zero-order valence-corrected chi connectivity index (χ0v) is 14.4. The first-order valence-corrected chi connectivity index (χ1v) is 7.21. The molecule has 0 aliphatic carbocycles. The molecule has 0 saturated carbocycles. The Morgan fingerprint density at radius 3 is 1.91 bits per heavy atom. The maximum Gasteiger partial charge on any atom is 0.0849 e. The topological polar surface area (TPSA) is 49.4 Å². The molecular weight excluding hydrogens is 272 g/mol. The van der Waals surface area contributed by atoms with Crippen molar-refractivity contribution in [3.63, 3.8) is 0 Å². The van der Waals surface area contributed by atoms with Gasteiger partial charge in [-0.2, -0.15) is 20.5 Å². The normalized spacial score (nSPS) is 16.1. The van der Waals surface area contributed by atoms with Crippen LogP contribution in [0.15, 0.2) is 91.6 Å². The molecule has 0 radical (unpaired) electrons. The van der Waals surface area contributed by atoms with Crippen molar-refractivity contribution >= 4 is 0 Å². The van der Waals surface area contributed by atoms with E-state index in [2.05, 4.69) is 33.5 Å². The van der Waals surface area contributed by atoms with E-state index in [1.54, 1.807) is 14.1 Å². The van der Waals surface area contributed by atoms with Crippen LogP contribution < -0.4 is 0 Å². The first kappa shape index (κ1) is 19.6. The third-order valence-corrected chi connectivity index (χ3v) is 2.62. The standard InChI is InChI=1S/C18H26N4/c1-7-9-17(13-12-16(4)21-19-5)15(3)11-14-18(10-8-2)22-20-6/h7-14H,1-6H3/b9-7-,10-8-,15-11+,16-12+,17-13+,18-14+,21-19?,22-20?. The fraction of sp³-hybridized carbons (Fsp3) is 0.333. The van der Waals surface area contributed by atoms with Crippen LogP contribution in [0.5, 0.6) is 0 Å². The molecule has 0 N–H and O–H groups in total. The molecule has 22 heavy (non-hydrogen) atoms. The van der Waals surface area contributed by atoms with Gasteiger partial charge in [0, 0.05) is 14.1 Å². The van der Waals surface area contributed by atoms with Crippen LogP contribution in [-0.4, -0.2) is 14.1 Å². The number of hydrogen-bond donors (Lipinski definition) is 0. The summed E-state index contributed by atoms with van der Waals surface area (Å²) in [6.45, 7) is 7.93. The molecule has 0 aromatic heterocycles. The van der Waals surface area contributed by atoms with Crippen LogP contribution in [0.3, 0.4) is 0 Å². The Kier molecular flexibility index (Phi) is 11.1. The van der Waals surface area contributed by atoms with Crippen LogP contribution in [0.25, 0.3) is 0 Å². The van der Waals surface area contributed by atoms with Gasteiger partial charge in [-0.1, -0.05) is 30.4 Å². The van der Waals surface area contributed by atoms with E-state index in [1.807, 2.05) is 63.3 Å². The minimum atomic E-state index is 0.815. The lowest BCUT2D eigenvalue weighted by Gasteiger charge is -2.01. The van der Waals surface area contributed by atoms with Gasteiger partial charge >= 0.3 is 0 Å². The molecule has 0 atom stereocenters. The molecule has 4 nitrogen and oxygen atoms in total. The summed E-state index contributed by atoms with van der Waals surface area (Å²) in [5, 5.41) is 15.6. The number of azo groups is 2. The summed E-state index contributed by atoms with van der Waals surface area (Å²) >= 11 is 0. The molecule has 0 rings (SSSR count). The van der Waals surface area contributed by atoms with Crippen molar-refractivity contribution in [3.05, 3.63) is 71.1 Å². The van der Waals surface area contributed by atoms with Gasteiger partial charge in [-0.15, -0.1) is 0 Å². The molecule has 0 bridgehead atoms. The molecule has 0 amide bonds. The fourth-order valence-electron chi connectivity index (χ4n) is 1.61. The predicted octanol–water partition coefficient (Wildman–Crippen LogP) is 5.96. The molecule has 0 fully saturated rings. The van der Waals surface area contributed by atoms with Gasteiger partial charge in [0.25, 0.3) is 0 Å². The zero-order valence-electron chi connectivity index (χ0n) is 14.4. The first-order chi connectivity index (χ1) is 10.6. The third-order valence-electron chi connectivity index (χ3n) is 2.62. The second kappa shape index (κ2) is 12.4. The molecule has 0 saturated heterocycles. The molecule has 4 heteroatoms. The van der Waals surface area contributed by atoms with Gasteiger partial charge in [0.1, 0.15) is 0 Å². The minimum Gasteiger partial charge on any atom is -0.192 e. The largest absolute Gasteiger partial charge is 0.192 e. The highest BCUT2D eigenvalue weighted by atomic mass is 15.1. The highest BCUT2D eigenvalue weighted by Gasteiger charge is 1.95. The lowest BCUT2D eigenvalue weighted by molar-refractivity contribution is 1.08. The summed E-state index contributed by atoms with van der Waals surface area (Å²) < 4.78 is 0. The van der Waals surface area contributed by atoms with Crippen molar-refractivity contribution in [2.75, 3.05) is 14.1 Å². The Morgan fingerprint density at radius 1 is 0.727 bits per heavy atom. The van der Waals surface area contributed by atoms with E-state index < -0.39 is 0 Å². The monoisotopic (exact) mass is 298 g/mol. The van der Waals surface area contributed by atoms with E-state index in [4.69, 9.17) is 0 Å². The first-order valence-electron chi connectivity index (χ1n) is 7.21. The molecule has 0 spiro atoms. The summed E-state index contributed by atoms with van der Waals surface area (Å²) in [6, 6.07) is 0. The zero-order chi connectivity index (χ0) is 16.8. The Hall–Kier alpha value is -2.36. The Labute approximate surface area is 134 Å². The maximum absolute atomic E-state index is 4.07. The molecule has 0 aromatic carbocycles. The smallest absolute Gasteiger partial charge is 0.0849 e. The molecule has 0 aromatic rings. The second-order valence-electron chi connectivity index (χ2n) is 4.47. The highest BCUT2D eigenvalue weighted by molar-refractivity contribution is 5.43. The molecule has 0 aliphatic heterocycles. The van der Waals surface area contributed by atoms with E-state index in [0.29, 0.717) is 0 Å². The van der Waals surface area contributed by atoms with E-state index >= 15 is 0 Å². The minimum absolute atomic E-state index is 0.815. The Bertz CT molecular complexity index is 554. The fourth-order valence-corrected chi connectivity index (χ4v) is 1.61. The van der Waals surface area contributed by atoms with Gasteiger partial charge in [0.05, 0.1) is 11.4 Å².